The summed E-state index contributed by atoms with van der Waals surface area (Å²) in [5.74, 6) is -3.13. The smallest absolute Gasteiger partial charge is 0.335 e. The summed E-state index contributed by atoms with van der Waals surface area (Å²) in [6.45, 7) is 5.88. The molecule has 0 aromatic carbocycles. The van der Waals surface area contributed by atoms with Crippen molar-refractivity contribution in [3.8, 4) is 0 Å². The van der Waals surface area contributed by atoms with Crippen LogP contribution in [0.15, 0.2) is 72.9 Å². The molecule has 12 heteroatoms. The average molecular weight is 1170 g/mol. The molecule has 1 aliphatic heterocycles. The van der Waals surface area contributed by atoms with E-state index in [-0.39, 0.29) is 25.9 Å². The van der Waals surface area contributed by atoms with Gasteiger partial charge in [0.1, 0.15) is 18.8 Å². The number of rotatable bonds is 58. The SMILES string of the molecule is CC/C=C\C/C=C\C/C=C\CCCCCCCCCC(=O)OC(COC(=O)CCCCCCCCCCC/C=C\C/C=C\CCCCC)COC1OC(C(=O)O)C(O)C(O)C1OC(=O)CCCCCCCCC/C=C\CCCCCCCC. The lowest BCUT2D eigenvalue weighted by atomic mass is 9.98. The third-order valence-electron chi connectivity index (χ3n) is 15.2. The monoisotopic (exact) mass is 1170 g/mol. The van der Waals surface area contributed by atoms with Crippen LogP contribution in [0.2, 0.25) is 0 Å². The van der Waals surface area contributed by atoms with Crippen LogP contribution >= 0.6 is 0 Å². The van der Waals surface area contributed by atoms with E-state index in [1.165, 1.54) is 116 Å². The first-order valence-electron chi connectivity index (χ1n) is 33.9. The number of hydrogen-bond acceptors (Lipinski definition) is 11. The third-order valence-corrected chi connectivity index (χ3v) is 15.2. The molecule has 1 rings (SSSR count). The molecule has 1 saturated heterocycles. The molecule has 0 aromatic rings. The van der Waals surface area contributed by atoms with Crippen molar-refractivity contribution in [1.82, 2.24) is 0 Å². The molecule has 1 aliphatic rings. The minimum atomic E-state index is -1.91. The van der Waals surface area contributed by atoms with Crippen molar-refractivity contribution >= 4 is 23.9 Å². The fourth-order valence-electron chi connectivity index (χ4n) is 10.1. The Kier molecular flexibility index (Phi) is 54.4. The third kappa shape index (κ3) is 48.0. The zero-order chi connectivity index (χ0) is 60.3. The van der Waals surface area contributed by atoms with E-state index < -0.39 is 67.3 Å². The predicted octanol–water partition coefficient (Wildman–Crippen LogP) is 18.5. The zero-order valence-corrected chi connectivity index (χ0v) is 52.9. The maximum Gasteiger partial charge on any atom is 0.335 e. The lowest BCUT2D eigenvalue weighted by Crippen LogP contribution is -2.61. The predicted molar refractivity (Wildman–Crippen MR) is 340 cm³/mol. The normalized spacial score (nSPS) is 18.0. The van der Waals surface area contributed by atoms with Crippen molar-refractivity contribution in [2.75, 3.05) is 13.2 Å². The summed E-state index contributed by atoms with van der Waals surface area (Å²) < 4.78 is 28.6. The van der Waals surface area contributed by atoms with Crippen LogP contribution in [0.1, 0.15) is 303 Å². The van der Waals surface area contributed by atoms with Gasteiger partial charge in [-0.15, -0.1) is 0 Å². The molecular weight excluding hydrogens is 1040 g/mol. The Balaban J connectivity index is 2.65. The first-order chi connectivity index (χ1) is 40.6. The number of ether oxygens (including phenoxy) is 5. The average Bonchev–Trinajstić information content (AvgIpc) is 3.59. The number of allylic oxidation sites excluding steroid dienone is 12. The van der Waals surface area contributed by atoms with Gasteiger partial charge in [-0.1, -0.05) is 248 Å². The van der Waals surface area contributed by atoms with Gasteiger partial charge in [-0.25, -0.2) is 4.79 Å². The number of hydrogen-bond donors (Lipinski definition) is 3. The number of unbranched alkanes of at least 4 members (excludes halogenated alkanes) is 32. The van der Waals surface area contributed by atoms with Crippen LogP contribution < -0.4 is 0 Å². The van der Waals surface area contributed by atoms with Crippen LogP contribution in [-0.2, 0) is 42.9 Å². The number of aliphatic hydroxyl groups is 2. The lowest BCUT2D eigenvalue weighted by molar-refractivity contribution is -0.301. The van der Waals surface area contributed by atoms with Crippen LogP contribution in [0.4, 0.5) is 0 Å². The van der Waals surface area contributed by atoms with E-state index in [4.69, 9.17) is 23.7 Å². The largest absolute Gasteiger partial charge is 0.479 e. The van der Waals surface area contributed by atoms with Crippen molar-refractivity contribution < 1.29 is 58.2 Å². The van der Waals surface area contributed by atoms with Gasteiger partial charge in [0.2, 0.25) is 0 Å². The molecule has 83 heavy (non-hydrogen) atoms. The number of esters is 3. The van der Waals surface area contributed by atoms with E-state index in [9.17, 15) is 34.5 Å². The molecule has 0 amide bonds. The standard InChI is InChI=1S/C71H122O12/c1-4-7-10-13-16-19-22-25-28-31-32-35-36-39-42-45-48-51-54-57-63(72)79-60-62(81-64(73)58-55-52-49-46-43-40-37-33-29-26-23-20-17-14-11-8-5-2)61-80-71-69(67(76)66(75)68(83-71)70(77)78)82-65(74)59-56-53-50-47-44-41-38-34-30-27-24-21-18-15-12-9-6-3/h8,11,16-17,19-20,25-30,62,66-69,71,75-76H,4-7,9-10,12-15,18,21-24,31-61H2,1-3H3,(H,77,78)/b11-8-,19-16-,20-17-,28-25-,29-26-,30-27-. The van der Waals surface area contributed by atoms with Gasteiger partial charge in [-0.3, -0.25) is 14.4 Å². The second-order valence-electron chi connectivity index (χ2n) is 23.1. The van der Waals surface area contributed by atoms with E-state index >= 15 is 0 Å². The summed E-state index contributed by atoms with van der Waals surface area (Å²) in [5.41, 5.74) is 0. The summed E-state index contributed by atoms with van der Waals surface area (Å²) in [7, 11) is 0. The Morgan fingerprint density at radius 3 is 1.19 bits per heavy atom. The lowest BCUT2D eigenvalue weighted by Gasteiger charge is -2.40. The molecule has 0 aromatic heterocycles. The van der Waals surface area contributed by atoms with E-state index in [2.05, 4.69) is 93.7 Å². The highest BCUT2D eigenvalue weighted by atomic mass is 16.7. The highest BCUT2D eigenvalue weighted by Crippen LogP contribution is 2.27. The van der Waals surface area contributed by atoms with Gasteiger partial charge in [-0.05, 0) is 109 Å². The summed E-state index contributed by atoms with van der Waals surface area (Å²) in [6, 6.07) is 0. The highest BCUT2D eigenvalue weighted by Gasteiger charge is 2.50. The summed E-state index contributed by atoms with van der Waals surface area (Å²) >= 11 is 0. The Labute approximate surface area is 506 Å². The number of aliphatic hydroxyl groups excluding tert-OH is 2. The van der Waals surface area contributed by atoms with Crippen molar-refractivity contribution in [3.05, 3.63) is 72.9 Å². The fraction of sp³-hybridized carbons (Fsp3) is 0.775. The summed E-state index contributed by atoms with van der Waals surface area (Å²) in [4.78, 5) is 51.4. The van der Waals surface area contributed by atoms with Crippen molar-refractivity contribution in [2.24, 2.45) is 0 Å². The number of carbonyl (C=O) groups excluding carboxylic acids is 3. The molecule has 0 radical (unpaired) electrons. The topological polar surface area (TPSA) is 175 Å². The summed E-state index contributed by atoms with van der Waals surface area (Å²) in [6.07, 6.45) is 62.8. The van der Waals surface area contributed by atoms with E-state index in [0.717, 1.165) is 128 Å². The molecule has 478 valence electrons. The number of aliphatic carboxylic acids is 1. The molecule has 12 nitrogen and oxygen atoms in total. The molecule has 0 spiro atoms. The van der Waals surface area contributed by atoms with Crippen molar-refractivity contribution in [2.45, 2.75) is 340 Å². The van der Waals surface area contributed by atoms with Crippen LogP contribution in [-0.4, -0.2) is 89.2 Å². The number of carboxylic acid groups (broad SMARTS) is 1. The summed E-state index contributed by atoms with van der Waals surface area (Å²) in [5, 5.41) is 31.6. The van der Waals surface area contributed by atoms with E-state index in [1.54, 1.807) is 0 Å². The van der Waals surface area contributed by atoms with Gasteiger partial charge < -0.3 is 39.0 Å². The molecule has 0 aliphatic carbocycles. The molecule has 1 heterocycles. The van der Waals surface area contributed by atoms with Crippen molar-refractivity contribution in [1.29, 1.82) is 0 Å². The zero-order valence-electron chi connectivity index (χ0n) is 52.9. The molecule has 3 N–H and O–H groups in total. The van der Waals surface area contributed by atoms with Gasteiger partial charge in [0.25, 0.3) is 0 Å². The minimum Gasteiger partial charge on any atom is -0.479 e. The molecule has 6 unspecified atom stereocenters. The second-order valence-corrected chi connectivity index (χ2v) is 23.1. The number of carboxylic acids is 1. The molecule has 1 fully saturated rings. The Morgan fingerprint density at radius 2 is 0.759 bits per heavy atom. The fourth-order valence-corrected chi connectivity index (χ4v) is 10.1. The Bertz CT molecular complexity index is 1720. The van der Waals surface area contributed by atoms with Gasteiger partial charge >= 0.3 is 23.9 Å². The second kappa shape index (κ2) is 58.5. The van der Waals surface area contributed by atoms with Crippen molar-refractivity contribution in [3.63, 3.8) is 0 Å². The Hall–Kier alpha value is -3.84. The Morgan fingerprint density at radius 1 is 0.410 bits per heavy atom. The van der Waals surface area contributed by atoms with Crippen LogP contribution in [0.5, 0.6) is 0 Å². The van der Waals surface area contributed by atoms with E-state index in [0.29, 0.717) is 19.3 Å². The van der Waals surface area contributed by atoms with Crippen LogP contribution in [0.25, 0.3) is 0 Å². The molecule has 0 saturated carbocycles. The van der Waals surface area contributed by atoms with Gasteiger partial charge in [0, 0.05) is 19.3 Å². The van der Waals surface area contributed by atoms with Gasteiger partial charge in [0.05, 0.1) is 6.61 Å². The van der Waals surface area contributed by atoms with Gasteiger partial charge in [-0.2, -0.15) is 0 Å². The minimum absolute atomic E-state index is 0.0535. The van der Waals surface area contributed by atoms with E-state index in [1.807, 2.05) is 0 Å². The van der Waals surface area contributed by atoms with Crippen LogP contribution in [0.3, 0.4) is 0 Å². The maximum atomic E-state index is 13.2. The molecule has 6 atom stereocenters. The quantitative estimate of drug-likeness (QED) is 0.0228. The molecule has 0 bridgehead atoms. The maximum absolute atomic E-state index is 13.2. The molecular formula is C71H122O12. The van der Waals surface area contributed by atoms with Crippen LogP contribution in [0, 0.1) is 0 Å². The number of carbonyl (C=O) groups is 4. The first-order valence-corrected chi connectivity index (χ1v) is 33.9. The first kappa shape index (κ1) is 77.2. The van der Waals surface area contributed by atoms with Gasteiger partial charge in [0.15, 0.2) is 24.6 Å². The highest BCUT2D eigenvalue weighted by molar-refractivity contribution is 5.74.